The first kappa shape index (κ1) is 22.5. The number of nitrogens with one attached hydrogen (secondary N) is 3. The largest absolute Gasteiger partial charge is 0.355 e. The minimum absolute atomic E-state index is 0.102. The molecule has 0 radical (unpaired) electrons. The van der Waals surface area contributed by atoms with E-state index in [4.69, 9.17) is 0 Å². The van der Waals surface area contributed by atoms with Crippen molar-refractivity contribution in [1.82, 2.24) is 9.97 Å². The smallest absolute Gasteiger partial charge is 0.258 e. The summed E-state index contributed by atoms with van der Waals surface area (Å²) in [6.07, 6.45) is 5.02. The Labute approximate surface area is 206 Å². The summed E-state index contributed by atoms with van der Waals surface area (Å²) < 4.78 is 14.6. The number of anilines is 5. The minimum Gasteiger partial charge on any atom is -0.355 e. The fourth-order valence-corrected chi connectivity index (χ4v) is 3.69. The summed E-state index contributed by atoms with van der Waals surface area (Å²) in [6.45, 7) is 0. The molecule has 174 valence electrons. The zero-order valence-electron chi connectivity index (χ0n) is 18.9. The number of hydrogen-bond acceptors (Lipinski definition) is 6. The number of benzene rings is 3. The Morgan fingerprint density at radius 2 is 1.50 bits per heavy atom. The molecule has 0 aliphatic rings. The molecule has 0 fully saturated rings. The molecule has 0 unspecified atom stereocenters. The second-order valence-electron chi connectivity index (χ2n) is 7.91. The number of halogens is 1. The zero-order chi connectivity index (χ0) is 24.9. The van der Waals surface area contributed by atoms with E-state index in [0.29, 0.717) is 28.1 Å². The van der Waals surface area contributed by atoms with Crippen LogP contribution in [0, 0.1) is 17.1 Å². The highest BCUT2D eigenvalue weighted by Gasteiger charge is 2.14. The Balaban J connectivity index is 1.33. The van der Waals surface area contributed by atoms with Gasteiger partial charge < -0.3 is 16.0 Å². The summed E-state index contributed by atoms with van der Waals surface area (Å²) in [5, 5.41) is 19.1. The van der Waals surface area contributed by atoms with Crippen molar-refractivity contribution in [3.05, 3.63) is 114 Å². The van der Waals surface area contributed by atoms with Gasteiger partial charge in [0.25, 0.3) is 5.91 Å². The van der Waals surface area contributed by atoms with Crippen LogP contribution in [0.15, 0.2) is 97.5 Å². The maximum Gasteiger partial charge on any atom is 0.258 e. The predicted molar refractivity (Wildman–Crippen MR) is 138 cm³/mol. The normalized spacial score (nSPS) is 10.4. The first-order chi connectivity index (χ1) is 17.6. The van der Waals surface area contributed by atoms with Gasteiger partial charge in [-0.25, -0.2) is 4.39 Å². The molecule has 0 saturated carbocycles. The van der Waals surface area contributed by atoms with E-state index < -0.39 is 11.7 Å². The highest BCUT2D eigenvalue weighted by atomic mass is 19.1. The van der Waals surface area contributed by atoms with Crippen molar-refractivity contribution >= 4 is 45.2 Å². The Morgan fingerprint density at radius 3 is 2.28 bits per heavy atom. The quantitative estimate of drug-likeness (QED) is 0.264. The van der Waals surface area contributed by atoms with Crippen molar-refractivity contribution in [3.63, 3.8) is 0 Å². The van der Waals surface area contributed by atoms with Crippen molar-refractivity contribution < 1.29 is 9.18 Å². The Morgan fingerprint density at radius 1 is 0.778 bits per heavy atom. The topological polar surface area (TPSA) is 103 Å². The van der Waals surface area contributed by atoms with Gasteiger partial charge in [-0.05, 0) is 78.9 Å². The lowest BCUT2D eigenvalue weighted by atomic mass is 10.1. The highest BCUT2D eigenvalue weighted by molar-refractivity contribution is 6.05. The molecule has 36 heavy (non-hydrogen) atoms. The Kier molecular flexibility index (Phi) is 6.19. The standard InChI is InChI=1S/C28H19FN6O/c29-25-7-6-22(34-27-11-14-32-26-8-1-18(17-30)15-24(26)27)16-23(25)28(36)35-20-4-2-19(3-5-20)33-21-9-12-31-13-10-21/h1-16H,(H,31,33)(H,32,34)(H,35,36). The summed E-state index contributed by atoms with van der Waals surface area (Å²) in [6, 6.07) is 24.1. The van der Waals surface area contributed by atoms with Crippen molar-refractivity contribution in [1.29, 1.82) is 5.26 Å². The number of fused-ring (bicyclic) bond motifs is 1. The number of hydrogen-bond donors (Lipinski definition) is 3. The van der Waals surface area contributed by atoms with Crippen molar-refractivity contribution in [2.24, 2.45) is 0 Å². The van der Waals surface area contributed by atoms with Crippen molar-refractivity contribution in [3.8, 4) is 6.07 Å². The monoisotopic (exact) mass is 474 g/mol. The second kappa shape index (κ2) is 9.91. The number of nitrogens with zero attached hydrogens (tertiary/aromatic N) is 3. The van der Waals surface area contributed by atoms with Gasteiger partial charge in [0, 0.05) is 52.4 Å². The van der Waals surface area contributed by atoms with Crippen LogP contribution in [0.25, 0.3) is 10.9 Å². The zero-order valence-corrected chi connectivity index (χ0v) is 18.9. The van der Waals surface area contributed by atoms with Crippen LogP contribution in [0.5, 0.6) is 0 Å². The van der Waals surface area contributed by atoms with Gasteiger partial charge in [0.1, 0.15) is 5.82 Å². The molecule has 5 rings (SSSR count). The lowest BCUT2D eigenvalue weighted by Gasteiger charge is -2.12. The molecule has 7 nitrogen and oxygen atoms in total. The maximum absolute atomic E-state index is 14.6. The third kappa shape index (κ3) is 4.95. The van der Waals surface area contributed by atoms with Gasteiger partial charge in [-0.15, -0.1) is 0 Å². The van der Waals surface area contributed by atoms with E-state index in [1.807, 2.05) is 24.3 Å². The summed E-state index contributed by atoms with van der Waals surface area (Å²) in [5.74, 6) is -1.21. The SMILES string of the molecule is N#Cc1ccc2nccc(Nc3ccc(F)c(C(=O)Nc4ccc(Nc5ccncc5)cc4)c3)c2c1. The fourth-order valence-electron chi connectivity index (χ4n) is 3.69. The third-order valence-corrected chi connectivity index (χ3v) is 5.47. The maximum atomic E-state index is 14.6. The van der Waals surface area contributed by atoms with E-state index in [2.05, 4.69) is 32.0 Å². The molecule has 3 aromatic carbocycles. The Hall–Kier alpha value is -5.29. The lowest BCUT2D eigenvalue weighted by molar-refractivity contribution is 0.102. The molecule has 2 heterocycles. The van der Waals surface area contributed by atoms with E-state index >= 15 is 0 Å². The van der Waals surface area contributed by atoms with Crippen LogP contribution in [0.1, 0.15) is 15.9 Å². The van der Waals surface area contributed by atoms with Gasteiger partial charge in [0.15, 0.2) is 0 Å². The first-order valence-electron chi connectivity index (χ1n) is 11.0. The van der Waals surface area contributed by atoms with E-state index in [0.717, 1.165) is 16.8 Å². The number of carbonyl (C=O) groups excluding carboxylic acids is 1. The number of rotatable bonds is 6. The summed E-state index contributed by atoms with van der Waals surface area (Å²) in [5.41, 5.74) is 4.57. The van der Waals surface area contributed by atoms with Crippen molar-refractivity contribution in [2.45, 2.75) is 0 Å². The van der Waals surface area contributed by atoms with Gasteiger partial charge in [0.2, 0.25) is 0 Å². The molecule has 2 aromatic heterocycles. The fraction of sp³-hybridized carbons (Fsp3) is 0. The number of aromatic nitrogens is 2. The lowest BCUT2D eigenvalue weighted by Crippen LogP contribution is -2.14. The van der Waals surface area contributed by atoms with Crippen LogP contribution in [0.4, 0.5) is 32.8 Å². The first-order valence-corrected chi connectivity index (χ1v) is 11.0. The number of carbonyl (C=O) groups is 1. The number of pyridine rings is 2. The average Bonchev–Trinajstić information content (AvgIpc) is 2.91. The highest BCUT2D eigenvalue weighted by Crippen LogP contribution is 2.27. The second-order valence-corrected chi connectivity index (χ2v) is 7.91. The van der Waals surface area contributed by atoms with E-state index in [1.54, 1.807) is 61.1 Å². The number of amides is 1. The molecule has 0 aliphatic heterocycles. The van der Waals surface area contributed by atoms with Gasteiger partial charge in [-0.3, -0.25) is 14.8 Å². The molecule has 0 saturated heterocycles. The summed E-state index contributed by atoms with van der Waals surface area (Å²) in [7, 11) is 0. The summed E-state index contributed by atoms with van der Waals surface area (Å²) >= 11 is 0. The van der Waals surface area contributed by atoms with Crippen LogP contribution in [0.3, 0.4) is 0 Å². The van der Waals surface area contributed by atoms with E-state index in [1.165, 1.54) is 12.1 Å². The van der Waals surface area contributed by atoms with Crippen LogP contribution in [-0.2, 0) is 0 Å². The van der Waals surface area contributed by atoms with Crippen LogP contribution < -0.4 is 16.0 Å². The van der Waals surface area contributed by atoms with Gasteiger partial charge in [0.05, 0.1) is 22.7 Å². The van der Waals surface area contributed by atoms with E-state index in [9.17, 15) is 14.4 Å². The molecule has 0 aliphatic carbocycles. The Bertz CT molecular complexity index is 1600. The van der Waals surface area contributed by atoms with E-state index in [-0.39, 0.29) is 5.56 Å². The molecule has 1 amide bonds. The third-order valence-electron chi connectivity index (χ3n) is 5.47. The molecule has 3 N–H and O–H groups in total. The summed E-state index contributed by atoms with van der Waals surface area (Å²) in [4.78, 5) is 21.2. The molecule has 0 bridgehead atoms. The molecule has 8 heteroatoms. The minimum atomic E-state index is -0.639. The van der Waals surface area contributed by atoms with Crippen LogP contribution in [0.2, 0.25) is 0 Å². The van der Waals surface area contributed by atoms with Gasteiger partial charge in [-0.1, -0.05) is 0 Å². The molecule has 5 aromatic rings. The van der Waals surface area contributed by atoms with Crippen molar-refractivity contribution in [2.75, 3.05) is 16.0 Å². The number of nitriles is 1. The van der Waals surface area contributed by atoms with Gasteiger partial charge in [-0.2, -0.15) is 5.26 Å². The molecular weight excluding hydrogens is 455 g/mol. The average molecular weight is 474 g/mol. The van der Waals surface area contributed by atoms with Crippen LogP contribution in [-0.4, -0.2) is 15.9 Å². The predicted octanol–water partition coefficient (Wildman–Crippen LogP) is 6.38. The van der Waals surface area contributed by atoms with Gasteiger partial charge >= 0.3 is 0 Å². The molecule has 0 atom stereocenters. The molecule has 0 spiro atoms. The molecular formula is C28H19FN6O. The van der Waals surface area contributed by atoms with Crippen LogP contribution >= 0.6 is 0 Å².